The highest BCUT2D eigenvalue weighted by molar-refractivity contribution is 5.44. The van der Waals surface area contributed by atoms with E-state index in [0.29, 0.717) is 49.2 Å². The number of hydrogen-bond donors (Lipinski definition) is 0. The molecule has 1 aromatic heterocycles. The molecule has 0 unspecified atom stereocenters. The molecule has 0 bridgehead atoms. The summed E-state index contributed by atoms with van der Waals surface area (Å²) in [5, 5.41) is 0. The number of alkyl halides is 3. The van der Waals surface area contributed by atoms with Crippen LogP contribution in [0.15, 0.2) is 54.6 Å². The first-order valence-corrected chi connectivity index (χ1v) is 11.7. The highest BCUT2D eigenvalue weighted by atomic mass is 19.4. The number of fused-ring (bicyclic) bond motifs is 1. The molecule has 0 aliphatic carbocycles. The third-order valence-electron chi connectivity index (χ3n) is 6.35. The molecule has 5 rings (SSSR count). The number of anilines is 1. The van der Waals surface area contributed by atoms with Crippen LogP contribution in [0.3, 0.4) is 0 Å². The highest BCUT2D eigenvalue weighted by Gasteiger charge is 2.31. The van der Waals surface area contributed by atoms with Crippen LogP contribution in [0.1, 0.15) is 41.6 Å². The average Bonchev–Trinajstić information content (AvgIpc) is 2.85. The number of hydrogen-bond acceptors (Lipinski definition) is 5. The molecule has 2 aromatic carbocycles. The molecule has 3 heterocycles. The van der Waals surface area contributed by atoms with Gasteiger partial charge in [0, 0.05) is 39.1 Å². The fourth-order valence-electron chi connectivity index (χ4n) is 4.59. The minimum atomic E-state index is -4.35. The van der Waals surface area contributed by atoms with Gasteiger partial charge in [-0.1, -0.05) is 36.4 Å². The highest BCUT2D eigenvalue weighted by Crippen LogP contribution is 2.33. The summed E-state index contributed by atoms with van der Waals surface area (Å²) in [6.07, 6.45) is -0.178. The Morgan fingerprint density at radius 3 is 2.44 bits per heavy atom. The maximum atomic E-state index is 13.1. The molecule has 0 amide bonds. The lowest BCUT2D eigenvalue weighted by Gasteiger charge is -2.32. The summed E-state index contributed by atoms with van der Waals surface area (Å²) in [6, 6.07) is 15.1. The van der Waals surface area contributed by atoms with E-state index in [1.165, 1.54) is 18.6 Å². The molecule has 8 heteroatoms. The van der Waals surface area contributed by atoms with Crippen molar-refractivity contribution >= 4 is 5.95 Å². The van der Waals surface area contributed by atoms with Gasteiger partial charge in [-0.2, -0.15) is 18.2 Å². The number of ether oxygens (including phenoxy) is 1. The van der Waals surface area contributed by atoms with Gasteiger partial charge in [-0.25, -0.2) is 4.98 Å². The Hall–Kier alpha value is -3.13. The lowest BCUT2D eigenvalue weighted by atomic mass is 10.0. The van der Waals surface area contributed by atoms with Gasteiger partial charge in [0.15, 0.2) is 0 Å². The molecule has 2 aliphatic rings. The summed E-state index contributed by atoms with van der Waals surface area (Å²) in [5.74, 6) is 1.93. The fourth-order valence-corrected chi connectivity index (χ4v) is 4.59. The van der Waals surface area contributed by atoms with Gasteiger partial charge < -0.3 is 9.64 Å². The Morgan fingerprint density at radius 1 is 0.882 bits per heavy atom. The zero-order chi connectivity index (χ0) is 23.5. The van der Waals surface area contributed by atoms with Gasteiger partial charge in [0.05, 0.1) is 16.8 Å². The van der Waals surface area contributed by atoms with Gasteiger partial charge in [0.25, 0.3) is 0 Å². The van der Waals surface area contributed by atoms with Crippen LogP contribution in [0.2, 0.25) is 0 Å². The van der Waals surface area contributed by atoms with E-state index in [2.05, 4.69) is 9.80 Å². The van der Waals surface area contributed by atoms with Crippen molar-refractivity contribution < 1.29 is 17.9 Å². The molecule has 1 saturated heterocycles. The molecular weight excluding hydrogens is 441 g/mol. The standard InChI is InChI=1S/C26H27F3N4O/c27-26(28,29)20-9-7-8-19(16-20)17-32-15-12-23-22(18-32)24(34-21-10-3-1-4-11-21)31-25(30-23)33-13-5-2-6-14-33/h1,3-4,7-11,16H,2,5-6,12-15,17-18H2. The van der Waals surface area contributed by atoms with Crippen molar-refractivity contribution in [3.8, 4) is 11.6 Å². The van der Waals surface area contributed by atoms with Crippen molar-refractivity contribution in [1.29, 1.82) is 0 Å². The number of para-hydroxylation sites is 1. The van der Waals surface area contributed by atoms with Crippen LogP contribution in [0.25, 0.3) is 0 Å². The summed E-state index contributed by atoms with van der Waals surface area (Å²) in [5.41, 5.74) is 1.88. The number of halogens is 3. The molecule has 0 spiro atoms. The van der Waals surface area contributed by atoms with Crippen molar-refractivity contribution in [2.75, 3.05) is 24.5 Å². The van der Waals surface area contributed by atoms with Gasteiger partial charge in [-0.15, -0.1) is 0 Å². The first kappa shape index (κ1) is 22.7. The molecule has 0 N–H and O–H groups in total. The van der Waals surface area contributed by atoms with Crippen molar-refractivity contribution in [3.63, 3.8) is 0 Å². The number of aromatic nitrogens is 2. The van der Waals surface area contributed by atoms with Crippen LogP contribution >= 0.6 is 0 Å². The van der Waals surface area contributed by atoms with Crippen molar-refractivity contribution in [1.82, 2.24) is 14.9 Å². The summed E-state index contributed by atoms with van der Waals surface area (Å²) >= 11 is 0. The Bertz CT molecular complexity index is 1130. The van der Waals surface area contributed by atoms with E-state index >= 15 is 0 Å². The van der Waals surface area contributed by atoms with Crippen molar-refractivity contribution in [2.45, 2.75) is 44.9 Å². The van der Waals surface area contributed by atoms with Gasteiger partial charge in [0.1, 0.15) is 5.75 Å². The summed E-state index contributed by atoms with van der Waals surface area (Å²) in [7, 11) is 0. The molecule has 0 radical (unpaired) electrons. The van der Waals surface area contributed by atoms with Gasteiger partial charge >= 0.3 is 6.18 Å². The van der Waals surface area contributed by atoms with Gasteiger partial charge in [-0.05, 0) is 43.0 Å². The lowest BCUT2D eigenvalue weighted by molar-refractivity contribution is -0.137. The molecule has 178 valence electrons. The molecule has 3 aromatic rings. The van der Waals surface area contributed by atoms with E-state index in [0.717, 1.165) is 43.3 Å². The lowest BCUT2D eigenvalue weighted by Crippen LogP contribution is -2.34. The van der Waals surface area contributed by atoms with Gasteiger partial charge in [0.2, 0.25) is 11.8 Å². The summed E-state index contributed by atoms with van der Waals surface area (Å²) < 4.78 is 45.6. The summed E-state index contributed by atoms with van der Waals surface area (Å²) in [4.78, 5) is 14.0. The largest absolute Gasteiger partial charge is 0.439 e. The smallest absolute Gasteiger partial charge is 0.416 e. The second-order valence-corrected chi connectivity index (χ2v) is 8.88. The predicted molar refractivity (Wildman–Crippen MR) is 124 cm³/mol. The zero-order valence-electron chi connectivity index (χ0n) is 18.9. The molecule has 2 aliphatic heterocycles. The molecular formula is C26H27F3N4O. The van der Waals surface area contributed by atoms with Crippen LogP contribution < -0.4 is 9.64 Å². The Morgan fingerprint density at radius 2 is 1.68 bits per heavy atom. The summed E-state index contributed by atoms with van der Waals surface area (Å²) in [6.45, 7) is 3.52. The second kappa shape index (κ2) is 9.62. The van der Waals surface area contributed by atoms with Crippen LogP contribution in [0.4, 0.5) is 19.1 Å². The fraction of sp³-hybridized carbons (Fsp3) is 0.385. The average molecular weight is 469 g/mol. The maximum absolute atomic E-state index is 13.1. The van der Waals surface area contributed by atoms with Crippen LogP contribution in [0, 0.1) is 0 Å². The predicted octanol–water partition coefficient (Wildman–Crippen LogP) is 5.84. The third-order valence-corrected chi connectivity index (χ3v) is 6.35. The quantitative estimate of drug-likeness (QED) is 0.471. The Kier molecular flexibility index (Phi) is 6.41. The third kappa shape index (κ3) is 5.17. The number of rotatable bonds is 5. The minimum absolute atomic E-state index is 0.419. The molecule has 0 atom stereocenters. The number of piperidine rings is 1. The first-order valence-electron chi connectivity index (χ1n) is 11.7. The van der Waals surface area contributed by atoms with Crippen molar-refractivity contribution in [3.05, 3.63) is 77.0 Å². The normalized spacial score (nSPS) is 16.9. The molecule has 0 saturated carbocycles. The van der Waals surface area contributed by atoms with Crippen LogP contribution in [-0.4, -0.2) is 34.5 Å². The minimum Gasteiger partial charge on any atom is -0.439 e. The van der Waals surface area contributed by atoms with Gasteiger partial charge in [-0.3, -0.25) is 4.90 Å². The van der Waals surface area contributed by atoms with E-state index in [1.54, 1.807) is 6.07 Å². The van der Waals surface area contributed by atoms with Crippen LogP contribution in [0.5, 0.6) is 11.6 Å². The monoisotopic (exact) mass is 468 g/mol. The number of benzene rings is 2. The van der Waals surface area contributed by atoms with E-state index in [-0.39, 0.29) is 0 Å². The second-order valence-electron chi connectivity index (χ2n) is 8.88. The SMILES string of the molecule is FC(F)(F)c1cccc(CN2CCc3nc(N4CCCCC4)nc(Oc4ccccc4)c3C2)c1. The van der Waals surface area contributed by atoms with E-state index in [4.69, 9.17) is 14.7 Å². The first-order chi connectivity index (χ1) is 16.5. The van der Waals surface area contributed by atoms with E-state index in [1.807, 2.05) is 30.3 Å². The van der Waals surface area contributed by atoms with E-state index < -0.39 is 11.7 Å². The van der Waals surface area contributed by atoms with Crippen LogP contribution in [-0.2, 0) is 25.7 Å². The number of nitrogens with zero attached hydrogens (tertiary/aromatic N) is 4. The van der Waals surface area contributed by atoms with E-state index in [9.17, 15) is 13.2 Å². The Labute approximate surface area is 197 Å². The van der Waals surface area contributed by atoms with Crippen molar-refractivity contribution in [2.24, 2.45) is 0 Å². The molecule has 5 nitrogen and oxygen atoms in total. The molecule has 34 heavy (non-hydrogen) atoms. The topological polar surface area (TPSA) is 41.5 Å². The Balaban J connectivity index is 1.42. The zero-order valence-corrected chi connectivity index (χ0v) is 18.9. The maximum Gasteiger partial charge on any atom is 0.416 e. The molecule has 1 fully saturated rings.